The van der Waals surface area contributed by atoms with Gasteiger partial charge in [0.2, 0.25) is 0 Å². The van der Waals surface area contributed by atoms with Crippen molar-refractivity contribution in [1.82, 2.24) is 9.97 Å². The summed E-state index contributed by atoms with van der Waals surface area (Å²) in [5.74, 6) is 0. The molecule has 2 rings (SSSR count). The second-order valence-electron chi connectivity index (χ2n) is 5.97. The number of thiazole rings is 2. The average molecular weight is 280 g/mol. The van der Waals surface area contributed by atoms with Gasteiger partial charge in [0.15, 0.2) is 0 Å². The maximum atomic E-state index is 4.46. The van der Waals surface area contributed by atoms with Gasteiger partial charge in [-0.1, -0.05) is 27.7 Å². The Balaban J connectivity index is 2.03. The summed E-state index contributed by atoms with van der Waals surface area (Å²) in [7, 11) is 0. The Morgan fingerprint density at radius 3 is 2.33 bits per heavy atom. The number of hydrogen-bond acceptors (Lipinski definition) is 4. The quantitative estimate of drug-likeness (QED) is 0.797. The van der Waals surface area contributed by atoms with Crippen molar-refractivity contribution < 1.29 is 0 Å². The summed E-state index contributed by atoms with van der Waals surface area (Å²) in [6.45, 7) is 9.18. The molecule has 0 aliphatic rings. The molecule has 98 valence electrons. The maximum Gasteiger partial charge on any atom is 0.0981 e. The van der Waals surface area contributed by atoms with E-state index in [1.54, 1.807) is 22.7 Å². The van der Waals surface area contributed by atoms with Crippen LogP contribution < -0.4 is 0 Å². The lowest BCUT2D eigenvalue weighted by atomic mass is 9.79. The normalized spacial score (nSPS) is 12.9. The molecule has 0 N–H and O–H groups in total. The molecular weight excluding hydrogens is 260 g/mol. The third-order valence-electron chi connectivity index (χ3n) is 3.49. The van der Waals surface area contributed by atoms with Gasteiger partial charge in [0.05, 0.1) is 10.5 Å². The van der Waals surface area contributed by atoms with Crippen LogP contribution in [0.3, 0.4) is 0 Å². The van der Waals surface area contributed by atoms with Crippen LogP contribution >= 0.6 is 22.7 Å². The van der Waals surface area contributed by atoms with E-state index >= 15 is 0 Å². The Morgan fingerprint density at radius 2 is 1.78 bits per heavy atom. The van der Waals surface area contributed by atoms with Crippen LogP contribution in [0.2, 0.25) is 0 Å². The van der Waals surface area contributed by atoms with E-state index in [9.17, 15) is 0 Å². The van der Waals surface area contributed by atoms with E-state index in [1.165, 1.54) is 9.88 Å². The first-order chi connectivity index (χ1) is 8.42. The van der Waals surface area contributed by atoms with E-state index < -0.39 is 0 Å². The first kappa shape index (κ1) is 13.7. The second kappa shape index (κ2) is 5.10. The van der Waals surface area contributed by atoms with Crippen molar-refractivity contribution >= 4 is 22.7 Å². The van der Waals surface area contributed by atoms with Crippen LogP contribution in [-0.2, 0) is 10.8 Å². The molecular formula is C14H20N2S2. The number of nitrogens with zero attached hydrogens (tertiary/aromatic N) is 2. The van der Waals surface area contributed by atoms with Crippen molar-refractivity contribution in [2.45, 2.75) is 51.4 Å². The molecule has 0 radical (unpaired) electrons. The monoisotopic (exact) mass is 280 g/mol. The van der Waals surface area contributed by atoms with Crippen molar-refractivity contribution in [2.24, 2.45) is 0 Å². The fourth-order valence-corrected chi connectivity index (χ4v) is 3.53. The van der Waals surface area contributed by atoms with Crippen molar-refractivity contribution in [2.75, 3.05) is 0 Å². The molecule has 0 aliphatic carbocycles. The van der Waals surface area contributed by atoms with Crippen molar-refractivity contribution in [3.8, 4) is 0 Å². The molecule has 0 atom stereocenters. The van der Waals surface area contributed by atoms with E-state index in [2.05, 4.69) is 43.0 Å². The van der Waals surface area contributed by atoms with Gasteiger partial charge in [-0.2, -0.15) is 0 Å². The summed E-state index contributed by atoms with van der Waals surface area (Å²) in [6.07, 6.45) is 6.20. The van der Waals surface area contributed by atoms with Crippen molar-refractivity contribution in [1.29, 1.82) is 0 Å². The van der Waals surface area contributed by atoms with Crippen LogP contribution in [0.1, 0.15) is 50.4 Å². The van der Waals surface area contributed by atoms with Gasteiger partial charge in [0.25, 0.3) is 0 Å². The third-order valence-corrected chi connectivity index (χ3v) is 5.76. The lowest BCUT2D eigenvalue weighted by Crippen LogP contribution is -2.23. The van der Waals surface area contributed by atoms with E-state index in [-0.39, 0.29) is 10.8 Å². The molecule has 18 heavy (non-hydrogen) atoms. The summed E-state index contributed by atoms with van der Waals surface area (Å²) < 4.78 is 0. The van der Waals surface area contributed by atoms with Gasteiger partial charge < -0.3 is 0 Å². The second-order valence-corrected chi connectivity index (χ2v) is 7.75. The highest BCUT2D eigenvalue weighted by Crippen LogP contribution is 2.37. The predicted octanol–water partition coefficient (Wildman–Crippen LogP) is 4.64. The molecule has 0 fully saturated rings. The minimum Gasteiger partial charge on any atom is -0.253 e. The summed E-state index contributed by atoms with van der Waals surface area (Å²) in [5, 5.41) is 3.30. The molecule has 0 spiro atoms. The minimum absolute atomic E-state index is 0.163. The molecule has 0 aromatic carbocycles. The highest BCUT2D eigenvalue weighted by molar-refractivity contribution is 7.10. The van der Waals surface area contributed by atoms with E-state index in [4.69, 9.17) is 0 Å². The standard InChI is InChI=1S/C14H20N2S2/c1-13(2,11-9-15-10-18-11)5-6-14(3,4)12-16-7-8-17-12/h7-10H,5-6H2,1-4H3. The van der Waals surface area contributed by atoms with Crippen LogP contribution in [0.5, 0.6) is 0 Å². The largest absolute Gasteiger partial charge is 0.253 e. The molecule has 0 amide bonds. The van der Waals surface area contributed by atoms with Crippen LogP contribution in [0.4, 0.5) is 0 Å². The SMILES string of the molecule is CC(C)(CCC(C)(C)c1nccs1)c1cncs1. The molecule has 0 bridgehead atoms. The zero-order chi connectivity index (χ0) is 13.2. The van der Waals surface area contributed by atoms with Gasteiger partial charge in [-0.05, 0) is 12.8 Å². The fraction of sp³-hybridized carbons (Fsp3) is 0.571. The van der Waals surface area contributed by atoms with E-state index in [1.807, 2.05) is 17.9 Å². The topological polar surface area (TPSA) is 25.8 Å². The lowest BCUT2D eigenvalue weighted by molar-refractivity contribution is 0.377. The van der Waals surface area contributed by atoms with Gasteiger partial charge in [-0.15, -0.1) is 22.7 Å². The van der Waals surface area contributed by atoms with Gasteiger partial charge >= 0.3 is 0 Å². The highest BCUT2D eigenvalue weighted by atomic mass is 32.1. The molecule has 4 heteroatoms. The Bertz CT molecular complexity index is 424. The highest BCUT2D eigenvalue weighted by Gasteiger charge is 2.29. The zero-order valence-electron chi connectivity index (χ0n) is 11.4. The Kier molecular flexibility index (Phi) is 3.87. The first-order valence-corrected chi connectivity index (χ1v) is 7.97. The van der Waals surface area contributed by atoms with E-state index in [0.717, 1.165) is 12.8 Å². The third kappa shape index (κ3) is 2.98. The molecule has 2 aromatic heterocycles. The van der Waals surface area contributed by atoms with Crippen LogP contribution in [0, 0.1) is 0 Å². The smallest absolute Gasteiger partial charge is 0.0981 e. The Morgan fingerprint density at radius 1 is 1.06 bits per heavy atom. The van der Waals surface area contributed by atoms with Crippen molar-refractivity contribution in [3.05, 3.63) is 33.2 Å². The van der Waals surface area contributed by atoms with Crippen LogP contribution in [0.15, 0.2) is 23.3 Å². The molecule has 2 heterocycles. The van der Waals surface area contributed by atoms with E-state index in [0.29, 0.717) is 0 Å². The molecule has 0 saturated carbocycles. The van der Waals surface area contributed by atoms with Gasteiger partial charge in [0.1, 0.15) is 0 Å². The summed E-state index contributed by atoms with van der Waals surface area (Å²) in [5.41, 5.74) is 2.29. The van der Waals surface area contributed by atoms with Crippen molar-refractivity contribution in [3.63, 3.8) is 0 Å². The van der Waals surface area contributed by atoms with Crippen LogP contribution in [0.25, 0.3) is 0 Å². The fourth-order valence-electron chi connectivity index (χ4n) is 1.96. The molecule has 0 unspecified atom stereocenters. The zero-order valence-corrected chi connectivity index (χ0v) is 13.1. The maximum absolute atomic E-state index is 4.46. The summed E-state index contributed by atoms with van der Waals surface area (Å²) >= 11 is 3.51. The molecule has 0 saturated heterocycles. The first-order valence-electron chi connectivity index (χ1n) is 6.21. The van der Waals surface area contributed by atoms with Gasteiger partial charge in [-0.25, -0.2) is 4.98 Å². The number of rotatable bonds is 5. The number of aromatic nitrogens is 2. The molecule has 0 aliphatic heterocycles. The Hall–Kier alpha value is -0.740. The molecule has 2 aromatic rings. The summed E-state index contributed by atoms with van der Waals surface area (Å²) in [4.78, 5) is 10.0. The Labute approximate surface area is 117 Å². The van der Waals surface area contributed by atoms with Gasteiger partial charge in [-0.3, -0.25) is 4.98 Å². The number of hydrogen-bond donors (Lipinski definition) is 0. The molecule has 2 nitrogen and oxygen atoms in total. The minimum atomic E-state index is 0.163. The van der Waals surface area contributed by atoms with Crippen LogP contribution in [-0.4, -0.2) is 9.97 Å². The summed E-state index contributed by atoms with van der Waals surface area (Å²) in [6, 6.07) is 0. The predicted molar refractivity (Wildman–Crippen MR) is 79.5 cm³/mol. The lowest BCUT2D eigenvalue weighted by Gasteiger charge is -2.29. The average Bonchev–Trinajstić information content (AvgIpc) is 2.99. The van der Waals surface area contributed by atoms with Gasteiger partial charge in [0, 0.05) is 33.5 Å².